The second-order valence-electron chi connectivity index (χ2n) is 4.98. The molecule has 0 aliphatic heterocycles. The van der Waals surface area contributed by atoms with Gasteiger partial charge in [0.05, 0.1) is 0 Å². The molecule has 4 fully saturated rings. The summed E-state index contributed by atoms with van der Waals surface area (Å²) in [7, 11) is 0. The molecular weight excluding hydrogens is 191 g/mol. The molecule has 0 spiro atoms. The van der Waals surface area contributed by atoms with Gasteiger partial charge in [-0.05, 0) is 55.8 Å². The van der Waals surface area contributed by atoms with Gasteiger partial charge in [0.15, 0.2) is 0 Å². The van der Waals surface area contributed by atoms with Crippen LogP contribution in [0.2, 0.25) is 0 Å². The minimum absolute atomic E-state index is 0.354. The second-order valence-corrected chi connectivity index (χ2v) is 6.42. The van der Waals surface area contributed by atoms with Gasteiger partial charge in [-0.1, -0.05) is 0 Å². The molecule has 0 saturated heterocycles. The molecule has 0 amide bonds. The van der Waals surface area contributed by atoms with Crippen LogP contribution in [-0.2, 0) is 0 Å². The minimum Gasteiger partial charge on any atom is -0.101 e. The Kier molecular flexibility index (Phi) is 1.54. The lowest BCUT2D eigenvalue weighted by Crippen LogP contribution is -2.51. The van der Waals surface area contributed by atoms with Crippen LogP contribution in [0.3, 0.4) is 0 Å². The SMILES string of the molecule is ClC1(Cl)C2CC3CC(C2)CC1C3. The molecule has 0 radical (unpaired) electrons. The van der Waals surface area contributed by atoms with E-state index in [-0.39, 0.29) is 4.33 Å². The molecule has 4 aliphatic carbocycles. The van der Waals surface area contributed by atoms with Crippen molar-refractivity contribution in [2.24, 2.45) is 23.7 Å². The van der Waals surface area contributed by atoms with Crippen LogP contribution in [0.1, 0.15) is 32.1 Å². The molecule has 4 bridgehead atoms. The first kappa shape index (κ1) is 7.94. The average Bonchev–Trinajstić information content (AvgIpc) is 1.99. The van der Waals surface area contributed by atoms with Crippen molar-refractivity contribution < 1.29 is 0 Å². The van der Waals surface area contributed by atoms with Crippen LogP contribution in [0.15, 0.2) is 0 Å². The van der Waals surface area contributed by atoms with Crippen LogP contribution in [0, 0.1) is 23.7 Å². The van der Waals surface area contributed by atoms with Gasteiger partial charge in [0.25, 0.3) is 0 Å². The average molecular weight is 205 g/mol. The Balaban J connectivity index is 1.96. The molecule has 0 aromatic carbocycles. The van der Waals surface area contributed by atoms with E-state index >= 15 is 0 Å². The third-order valence-electron chi connectivity index (χ3n) is 4.23. The molecule has 0 unspecified atom stereocenters. The molecule has 0 heterocycles. The summed E-state index contributed by atoms with van der Waals surface area (Å²) < 4.78 is -0.354. The number of rotatable bonds is 0. The molecular formula is C10H14Cl2. The zero-order valence-electron chi connectivity index (χ0n) is 7.10. The first-order valence-corrected chi connectivity index (χ1v) is 5.79. The van der Waals surface area contributed by atoms with Crippen LogP contribution in [-0.4, -0.2) is 4.33 Å². The van der Waals surface area contributed by atoms with Gasteiger partial charge in [0, 0.05) is 0 Å². The maximum absolute atomic E-state index is 6.39. The van der Waals surface area contributed by atoms with Crippen molar-refractivity contribution in [2.75, 3.05) is 0 Å². The molecule has 0 nitrogen and oxygen atoms in total. The van der Waals surface area contributed by atoms with E-state index < -0.39 is 0 Å². The molecule has 4 saturated carbocycles. The van der Waals surface area contributed by atoms with Gasteiger partial charge >= 0.3 is 0 Å². The summed E-state index contributed by atoms with van der Waals surface area (Å²) in [5.74, 6) is 3.19. The molecule has 2 heteroatoms. The lowest BCUT2D eigenvalue weighted by Gasteiger charge is -2.56. The van der Waals surface area contributed by atoms with Gasteiger partial charge in [0.1, 0.15) is 4.33 Å². The van der Waals surface area contributed by atoms with Crippen LogP contribution in [0.25, 0.3) is 0 Å². The largest absolute Gasteiger partial charge is 0.123 e. The van der Waals surface area contributed by atoms with Gasteiger partial charge in [-0.15, -0.1) is 23.2 Å². The van der Waals surface area contributed by atoms with Gasteiger partial charge < -0.3 is 0 Å². The van der Waals surface area contributed by atoms with Crippen molar-refractivity contribution in [3.05, 3.63) is 0 Å². The van der Waals surface area contributed by atoms with Crippen LogP contribution in [0.4, 0.5) is 0 Å². The highest BCUT2D eigenvalue weighted by molar-refractivity contribution is 6.49. The predicted octanol–water partition coefficient (Wildman–Crippen LogP) is 3.62. The Morgan fingerprint density at radius 1 is 0.750 bits per heavy atom. The molecule has 68 valence electrons. The lowest BCUT2D eigenvalue weighted by molar-refractivity contribution is 0.00991. The molecule has 0 aromatic heterocycles. The topological polar surface area (TPSA) is 0 Å². The van der Waals surface area contributed by atoms with Crippen molar-refractivity contribution in [2.45, 2.75) is 36.4 Å². The van der Waals surface area contributed by atoms with Crippen molar-refractivity contribution in [3.63, 3.8) is 0 Å². The van der Waals surface area contributed by atoms with E-state index in [1.54, 1.807) is 0 Å². The first-order valence-electron chi connectivity index (χ1n) is 5.04. The van der Waals surface area contributed by atoms with Gasteiger partial charge in [-0.2, -0.15) is 0 Å². The lowest BCUT2D eigenvalue weighted by atomic mass is 9.56. The summed E-state index contributed by atoms with van der Waals surface area (Å²) in [6.07, 6.45) is 6.69. The Morgan fingerprint density at radius 3 is 1.58 bits per heavy atom. The van der Waals surface area contributed by atoms with E-state index in [0.29, 0.717) is 11.8 Å². The normalized spacial score (nSPS) is 54.5. The zero-order valence-corrected chi connectivity index (χ0v) is 8.61. The number of halogens is 2. The van der Waals surface area contributed by atoms with Crippen molar-refractivity contribution in [3.8, 4) is 0 Å². The summed E-state index contributed by atoms with van der Waals surface area (Å²) in [5, 5.41) is 0. The molecule has 12 heavy (non-hydrogen) atoms. The molecule has 4 aliphatic rings. The highest BCUT2D eigenvalue weighted by Gasteiger charge is 2.55. The zero-order chi connectivity index (χ0) is 8.34. The van der Waals surface area contributed by atoms with Crippen LogP contribution in [0.5, 0.6) is 0 Å². The van der Waals surface area contributed by atoms with Gasteiger partial charge in [-0.3, -0.25) is 0 Å². The Hall–Kier alpha value is 0.580. The number of hydrogen-bond acceptors (Lipinski definition) is 0. The van der Waals surface area contributed by atoms with E-state index in [0.717, 1.165) is 11.8 Å². The van der Waals surface area contributed by atoms with E-state index in [4.69, 9.17) is 23.2 Å². The maximum atomic E-state index is 6.39. The van der Waals surface area contributed by atoms with E-state index in [9.17, 15) is 0 Å². The smallest absolute Gasteiger partial charge is 0.101 e. The third-order valence-corrected chi connectivity index (χ3v) is 5.46. The monoisotopic (exact) mass is 204 g/mol. The van der Waals surface area contributed by atoms with Crippen LogP contribution < -0.4 is 0 Å². The van der Waals surface area contributed by atoms with Crippen molar-refractivity contribution in [1.29, 1.82) is 0 Å². The predicted molar refractivity (Wildman–Crippen MR) is 51.5 cm³/mol. The summed E-state index contributed by atoms with van der Waals surface area (Å²) in [5.41, 5.74) is 0. The second kappa shape index (κ2) is 2.33. The Bertz CT molecular complexity index is 180. The number of hydrogen-bond donors (Lipinski definition) is 0. The maximum Gasteiger partial charge on any atom is 0.123 e. The highest BCUT2D eigenvalue weighted by atomic mass is 35.5. The molecule has 0 atom stereocenters. The van der Waals surface area contributed by atoms with E-state index in [1.165, 1.54) is 32.1 Å². The van der Waals surface area contributed by atoms with Gasteiger partial charge in [0.2, 0.25) is 0 Å². The fraction of sp³-hybridized carbons (Fsp3) is 1.00. The highest BCUT2D eigenvalue weighted by Crippen LogP contribution is 2.62. The summed E-state index contributed by atoms with van der Waals surface area (Å²) in [6.45, 7) is 0. The fourth-order valence-corrected chi connectivity index (χ4v) is 4.53. The quantitative estimate of drug-likeness (QED) is 0.530. The van der Waals surface area contributed by atoms with E-state index in [2.05, 4.69) is 0 Å². The van der Waals surface area contributed by atoms with Crippen LogP contribution >= 0.6 is 23.2 Å². The van der Waals surface area contributed by atoms with Crippen molar-refractivity contribution >= 4 is 23.2 Å². The molecule has 0 N–H and O–H groups in total. The first-order chi connectivity index (χ1) is 5.66. The Labute approximate surface area is 83.6 Å². The number of alkyl halides is 2. The fourth-order valence-electron chi connectivity index (χ4n) is 3.81. The summed E-state index contributed by atoms with van der Waals surface area (Å²) >= 11 is 12.8. The molecule has 4 rings (SSSR count). The Morgan fingerprint density at radius 2 is 1.17 bits per heavy atom. The van der Waals surface area contributed by atoms with E-state index in [1.807, 2.05) is 0 Å². The van der Waals surface area contributed by atoms with Crippen molar-refractivity contribution in [1.82, 2.24) is 0 Å². The minimum atomic E-state index is -0.354. The molecule has 0 aromatic rings. The third kappa shape index (κ3) is 0.915. The summed E-state index contributed by atoms with van der Waals surface area (Å²) in [6, 6.07) is 0. The summed E-state index contributed by atoms with van der Waals surface area (Å²) in [4.78, 5) is 0. The standard InChI is InChI=1S/C10H14Cl2/c11-10(12)8-2-6-1-7(4-8)5-9(10)3-6/h6-9H,1-5H2. The van der Waals surface area contributed by atoms with Gasteiger partial charge in [-0.25, -0.2) is 0 Å².